The number of hydrogen-bond donors (Lipinski definition) is 1. The van der Waals surface area contributed by atoms with E-state index in [2.05, 4.69) is 34.3 Å². The Kier molecular flexibility index (Phi) is 13.2. The van der Waals surface area contributed by atoms with Crippen LogP contribution in [0.5, 0.6) is 0 Å². The summed E-state index contributed by atoms with van der Waals surface area (Å²) in [7, 11) is 3.87. The molecule has 0 saturated heterocycles. The molecule has 180 valence electrons. The van der Waals surface area contributed by atoms with Gasteiger partial charge in [0.2, 0.25) is 5.91 Å². The van der Waals surface area contributed by atoms with Crippen LogP contribution < -0.4 is 5.32 Å². The molecule has 0 bridgehead atoms. The van der Waals surface area contributed by atoms with Crippen LogP contribution in [0.15, 0.2) is 53.2 Å². The van der Waals surface area contributed by atoms with Crippen LogP contribution in [0.25, 0.3) is 6.08 Å². The zero-order valence-corrected chi connectivity index (χ0v) is 20.8. The summed E-state index contributed by atoms with van der Waals surface area (Å²) in [5.74, 6) is -0.282. The Morgan fingerprint density at radius 1 is 1.06 bits per heavy atom. The lowest BCUT2D eigenvalue weighted by Gasteiger charge is -2.22. The van der Waals surface area contributed by atoms with E-state index < -0.39 is 0 Å². The fourth-order valence-corrected chi connectivity index (χ4v) is 4.20. The number of thiophene rings is 1. The Morgan fingerprint density at radius 3 is 2.55 bits per heavy atom. The summed E-state index contributed by atoms with van der Waals surface area (Å²) >= 11 is 1.72. The number of nitrogens with one attached hydrogen (secondary N) is 1. The molecule has 5 nitrogen and oxygen atoms in total. The smallest absolute Gasteiger partial charge is 0.308 e. The molecule has 0 aliphatic carbocycles. The van der Waals surface area contributed by atoms with Crippen LogP contribution in [0.3, 0.4) is 0 Å². The van der Waals surface area contributed by atoms with Gasteiger partial charge in [-0.3, -0.25) is 9.59 Å². The van der Waals surface area contributed by atoms with Crippen molar-refractivity contribution in [3.05, 3.63) is 64.4 Å². The quantitative estimate of drug-likeness (QED) is 0.254. The minimum Gasteiger partial charge on any atom is -0.461 e. The number of allylic oxidation sites excluding steroid dienone is 1. The summed E-state index contributed by atoms with van der Waals surface area (Å²) in [6.45, 7) is 0.858. The van der Waals surface area contributed by atoms with Gasteiger partial charge < -0.3 is 15.0 Å². The lowest BCUT2D eigenvalue weighted by atomic mass is 10.1. The van der Waals surface area contributed by atoms with Crippen molar-refractivity contribution in [2.24, 2.45) is 0 Å². The molecule has 2 rings (SSSR count). The van der Waals surface area contributed by atoms with Crippen molar-refractivity contribution in [3.63, 3.8) is 0 Å². The van der Waals surface area contributed by atoms with Crippen LogP contribution in [-0.4, -0.2) is 43.5 Å². The second kappa shape index (κ2) is 16.2. The van der Waals surface area contributed by atoms with Gasteiger partial charge in [0.15, 0.2) is 0 Å². The lowest BCUT2D eigenvalue weighted by Crippen LogP contribution is -2.43. The van der Waals surface area contributed by atoms with Gasteiger partial charge in [0.05, 0.1) is 12.5 Å². The molecular weight excluding hydrogens is 432 g/mol. The van der Waals surface area contributed by atoms with Crippen LogP contribution in [0, 0.1) is 0 Å². The van der Waals surface area contributed by atoms with E-state index in [0.717, 1.165) is 31.2 Å². The standard InChI is InChI=1S/C27H38N2O3S/c1-29(2)20-25(19-27(31)32-21-23-13-10-8-11-14-23)28-26(30)16-12-7-5-3-4-6-9-15-24-17-18-33-22-24/h8-11,13-15,17-18,22,25H,3-7,12,16,19-21H2,1-2H3,(H,28,30)/t25-/m1/s1. The van der Waals surface area contributed by atoms with Crippen LogP contribution >= 0.6 is 11.3 Å². The maximum Gasteiger partial charge on any atom is 0.308 e. The van der Waals surface area contributed by atoms with Crippen LogP contribution in [-0.2, 0) is 20.9 Å². The molecule has 33 heavy (non-hydrogen) atoms. The molecule has 0 aliphatic heterocycles. The number of nitrogens with zero attached hydrogens (tertiary/aromatic N) is 1. The highest BCUT2D eigenvalue weighted by Gasteiger charge is 2.18. The van der Waals surface area contributed by atoms with Crippen molar-refractivity contribution < 1.29 is 14.3 Å². The number of unbranched alkanes of at least 4 members (excludes halogenated alkanes) is 5. The Balaban J connectivity index is 1.57. The molecule has 0 spiro atoms. The van der Waals surface area contributed by atoms with Crippen molar-refractivity contribution in [1.29, 1.82) is 0 Å². The second-order valence-corrected chi connectivity index (χ2v) is 9.42. The summed E-state index contributed by atoms with van der Waals surface area (Å²) in [5, 5.41) is 7.26. The van der Waals surface area contributed by atoms with Crippen LogP contribution in [0.4, 0.5) is 0 Å². The van der Waals surface area contributed by atoms with E-state index in [1.165, 1.54) is 18.4 Å². The number of hydrogen-bond acceptors (Lipinski definition) is 5. The Labute approximate surface area is 202 Å². The van der Waals surface area contributed by atoms with Gasteiger partial charge in [-0.05, 0) is 61.3 Å². The van der Waals surface area contributed by atoms with E-state index >= 15 is 0 Å². The molecule has 0 aliphatic rings. The molecule has 1 aromatic heterocycles. The molecule has 1 heterocycles. The zero-order valence-electron chi connectivity index (χ0n) is 20.0. The fraction of sp³-hybridized carbons (Fsp3) is 0.481. The summed E-state index contributed by atoms with van der Waals surface area (Å²) in [5.41, 5.74) is 2.24. The number of benzene rings is 1. The molecule has 1 N–H and O–H groups in total. The van der Waals surface area contributed by atoms with Crippen LogP contribution in [0.2, 0.25) is 0 Å². The van der Waals surface area contributed by atoms with Gasteiger partial charge in [-0.2, -0.15) is 11.3 Å². The van der Waals surface area contributed by atoms with Gasteiger partial charge in [-0.1, -0.05) is 61.7 Å². The minimum atomic E-state index is -0.293. The summed E-state index contributed by atoms with van der Waals surface area (Å²) in [6.07, 6.45) is 11.7. The van der Waals surface area contributed by atoms with Gasteiger partial charge in [-0.15, -0.1) is 0 Å². The molecule has 1 atom stereocenters. The van der Waals surface area contributed by atoms with E-state index in [0.29, 0.717) is 13.0 Å². The number of carbonyl (C=O) groups is 2. The highest BCUT2D eigenvalue weighted by molar-refractivity contribution is 7.08. The molecule has 1 aromatic carbocycles. The zero-order chi connectivity index (χ0) is 23.7. The van der Waals surface area contributed by atoms with Gasteiger partial charge in [0.1, 0.15) is 6.61 Å². The Bertz CT molecular complexity index is 819. The lowest BCUT2D eigenvalue weighted by molar-refractivity contribution is -0.145. The molecular formula is C27H38N2O3S. The van der Waals surface area contributed by atoms with Crippen molar-refractivity contribution in [2.75, 3.05) is 20.6 Å². The highest BCUT2D eigenvalue weighted by atomic mass is 32.1. The van der Waals surface area contributed by atoms with E-state index in [4.69, 9.17) is 4.74 Å². The first-order valence-corrected chi connectivity index (χ1v) is 12.8. The molecule has 1 amide bonds. The monoisotopic (exact) mass is 470 g/mol. The third kappa shape index (κ3) is 13.0. The van der Waals surface area contributed by atoms with E-state index in [9.17, 15) is 9.59 Å². The first kappa shape index (κ1) is 26.8. The highest BCUT2D eigenvalue weighted by Crippen LogP contribution is 2.11. The number of carbonyl (C=O) groups excluding carboxylic acids is 2. The summed E-state index contributed by atoms with van der Waals surface area (Å²) in [6, 6.07) is 11.5. The average Bonchev–Trinajstić information content (AvgIpc) is 3.30. The van der Waals surface area contributed by atoms with Crippen molar-refractivity contribution in [1.82, 2.24) is 10.2 Å². The Morgan fingerprint density at radius 2 is 1.82 bits per heavy atom. The normalized spacial score (nSPS) is 12.2. The topological polar surface area (TPSA) is 58.6 Å². The van der Waals surface area contributed by atoms with E-state index in [1.807, 2.05) is 49.3 Å². The van der Waals surface area contributed by atoms with Crippen molar-refractivity contribution in [3.8, 4) is 0 Å². The van der Waals surface area contributed by atoms with E-state index in [-0.39, 0.29) is 30.9 Å². The maximum absolute atomic E-state index is 12.4. The largest absolute Gasteiger partial charge is 0.461 e. The minimum absolute atomic E-state index is 0.0106. The molecule has 0 fully saturated rings. The third-order valence-electron chi connectivity index (χ3n) is 5.23. The third-order valence-corrected chi connectivity index (χ3v) is 5.94. The van der Waals surface area contributed by atoms with Gasteiger partial charge in [0, 0.05) is 13.0 Å². The summed E-state index contributed by atoms with van der Waals surface area (Å²) in [4.78, 5) is 26.6. The van der Waals surface area contributed by atoms with Gasteiger partial charge >= 0.3 is 5.97 Å². The molecule has 2 aromatic rings. The van der Waals surface area contributed by atoms with Gasteiger partial charge in [0.25, 0.3) is 0 Å². The second-order valence-electron chi connectivity index (χ2n) is 8.64. The van der Waals surface area contributed by atoms with Crippen molar-refractivity contribution in [2.45, 2.75) is 64.0 Å². The first-order chi connectivity index (χ1) is 16.0. The molecule has 0 radical (unpaired) electrons. The molecule has 0 saturated carbocycles. The Hall–Kier alpha value is -2.44. The van der Waals surface area contributed by atoms with Crippen LogP contribution in [0.1, 0.15) is 62.5 Å². The van der Waals surface area contributed by atoms with Gasteiger partial charge in [-0.25, -0.2) is 0 Å². The fourth-order valence-electron chi connectivity index (χ4n) is 3.57. The SMILES string of the molecule is CN(C)C[C@@H](CC(=O)OCc1ccccc1)NC(=O)CCCCCCCC=Cc1ccsc1. The van der Waals surface area contributed by atoms with E-state index in [1.54, 1.807) is 11.3 Å². The number of likely N-dealkylation sites (N-methyl/N-ethyl adjacent to an activating group) is 1. The molecule has 0 unspecified atom stereocenters. The maximum atomic E-state index is 12.4. The number of amides is 1. The predicted octanol–water partition coefficient (Wildman–Crippen LogP) is 5.67. The number of ether oxygens (including phenoxy) is 1. The number of esters is 1. The first-order valence-electron chi connectivity index (χ1n) is 11.9. The average molecular weight is 471 g/mol. The summed E-state index contributed by atoms with van der Waals surface area (Å²) < 4.78 is 5.38. The van der Waals surface area contributed by atoms with Crippen molar-refractivity contribution >= 4 is 29.3 Å². The predicted molar refractivity (Wildman–Crippen MR) is 137 cm³/mol. The number of rotatable bonds is 16. The molecule has 6 heteroatoms.